The van der Waals surface area contributed by atoms with Gasteiger partial charge in [-0.05, 0) is 19.4 Å². The van der Waals surface area contributed by atoms with E-state index in [-0.39, 0.29) is 0 Å². The van der Waals surface area contributed by atoms with Crippen LogP contribution in [0.5, 0.6) is 11.6 Å². The van der Waals surface area contributed by atoms with Gasteiger partial charge in [-0.3, -0.25) is 0 Å². The fraction of sp³-hybridized carbons (Fsp3) is 0.444. The maximum absolute atomic E-state index is 5.45. The van der Waals surface area contributed by atoms with Crippen LogP contribution in [-0.2, 0) is 0 Å². The van der Waals surface area contributed by atoms with E-state index in [9.17, 15) is 0 Å². The molecule has 0 aliphatic carbocycles. The van der Waals surface area contributed by atoms with E-state index in [1.54, 1.807) is 0 Å². The summed E-state index contributed by atoms with van der Waals surface area (Å²) in [5.41, 5.74) is 2.26. The zero-order valence-corrected chi connectivity index (χ0v) is 7.26. The predicted octanol–water partition coefficient (Wildman–Crippen LogP) is 1.47. The minimum absolute atomic E-state index is 0.600. The standard InChI is InChI=1S/C9H11NO2/c1-6-5-10-9-8(7(6)2)11-3-4-12-9/h5H,3-4H2,1-2H3. The van der Waals surface area contributed by atoms with Crippen LogP contribution in [0.3, 0.4) is 0 Å². The third-order valence-corrected chi connectivity index (χ3v) is 2.07. The Kier molecular flexibility index (Phi) is 1.64. The van der Waals surface area contributed by atoms with Crippen molar-refractivity contribution < 1.29 is 9.47 Å². The molecule has 3 nitrogen and oxygen atoms in total. The van der Waals surface area contributed by atoms with Crippen molar-refractivity contribution >= 4 is 0 Å². The van der Waals surface area contributed by atoms with Crippen LogP contribution in [0.1, 0.15) is 11.1 Å². The van der Waals surface area contributed by atoms with Crippen LogP contribution in [-0.4, -0.2) is 18.2 Å². The summed E-state index contributed by atoms with van der Waals surface area (Å²) in [5, 5.41) is 0. The summed E-state index contributed by atoms with van der Waals surface area (Å²) in [6.07, 6.45) is 1.81. The van der Waals surface area contributed by atoms with E-state index in [1.807, 2.05) is 20.0 Å². The SMILES string of the molecule is Cc1cnc2c(c1C)OCCO2. The number of rotatable bonds is 0. The second-order valence-electron chi connectivity index (χ2n) is 2.90. The monoisotopic (exact) mass is 165 g/mol. The molecule has 0 amide bonds. The molecule has 0 aromatic carbocycles. The van der Waals surface area contributed by atoms with Crippen LogP contribution in [0.4, 0.5) is 0 Å². The fourth-order valence-corrected chi connectivity index (χ4v) is 1.21. The summed E-state index contributed by atoms with van der Waals surface area (Å²) < 4.78 is 10.8. The number of fused-ring (bicyclic) bond motifs is 1. The van der Waals surface area contributed by atoms with Gasteiger partial charge in [0.15, 0.2) is 5.75 Å². The molecule has 0 saturated heterocycles. The van der Waals surface area contributed by atoms with Crippen molar-refractivity contribution in [2.75, 3.05) is 13.2 Å². The Morgan fingerprint density at radius 3 is 2.83 bits per heavy atom. The Labute approximate surface area is 71.3 Å². The van der Waals surface area contributed by atoms with Crippen molar-refractivity contribution in [3.8, 4) is 11.6 Å². The van der Waals surface area contributed by atoms with Gasteiger partial charge in [-0.1, -0.05) is 0 Å². The summed E-state index contributed by atoms with van der Waals surface area (Å²) in [6, 6.07) is 0. The molecule has 12 heavy (non-hydrogen) atoms. The van der Waals surface area contributed by atoms with Crippen LogP contribution in [0.2, 0.25) is 0 Å². The highest BCUT2D eigenvalue weighted by molar-refractivity contribution is 5.45. The average Bonchev–Trinajstić information content (AvgIpc) is 2.12. The number of hydrogen-bond donors (Lipinski definition) is 0. The number of hydrogen-bond acceptors (Lipinski definition) is 3. The minimum Gasteiger partial charge on any atom is -0.484 e. The van der Waals surface area contributed by atoms with E-state index in [0.29, 0.717) is 19.1 Å². The summed E-state index contributed by atoms with van der Waals surface area (Å²) in [5.74, 6) is 1.44. The van der Waals surface area contributed by atoms with Crippen LogP contribution in [0.25, 0.3) is 0 Å². The molecule has 2 heterocycles. The molecule has 0 unspecified atom stereocenters. The van der Waals surface area contributed by atoms with Gasteiger partial charge >= 0.3 is 0 Å². The first kappa shape index (κ1) is 7.40. The topological polar surface area (TPSA) is 31.4 Å². The zero-order valence-electron chi connectivity index (χ0n) is 7.26. The van der Waals surface area contributed by atoms with Gasteiger partial charge in [0.25, 0.3) is 5.88 Å². The van der Waals surface area contributed by atoms with E-state index in [2.05, 4.69) is 4.98 Å². The lowest BCUT2D eigenvalue weighted by Crippen LogP contribution is -2.17. The summed E-state index contributed by atoms with van der Waals surface area (Å²) in [6.45, 7) is 5.26. The molecule has 0 radical (unpaired) electrons. The second-order valence-corrected chi connectivity index (χ2v) is 2.90. The molecule has 0 bridgehead atoms. The minimum atomic E-state index is 0.600. The van der Waals surface area contributed by atoms with E-state index in [1.165, 1.54) is 0 Å². The molecule has 1 aliphatic heterocycles. The lowest BCUT2D eigenvalue weighted by Gasteiger charge is -2.19. The lowest BCUT2D eigenvalue weighted by atomic mass is 10.1. The third kappa shape index (κ3) is 1.02. The number of nitrogens with zero attached hydrogens (tertiary/aromatic N) is 1. The largest absolute Gasteiger partial charge is 0.484 e. The molecule has 1 aliphatic rings. The number of aryl methyl sites for hydroxylation is 1. The van der Waals surface area contributed by atoms with E-state index >= 15 is 0 Å². The molecule has 0 fully saturated rings. The van der Waals surface area contributed by atoms with Crippen LogP contribution in [0, 0.1) is 13.8 Å². The maximum Gasteiger partial charge on any atom is 0.257 e. The molecule has 2 rings (SSSR count). The van der Waals surface area contributed by atoms with Crippen LogP contribution in [0.15, 0.2) is 6.20 Å². The predicted molar refractivity (Wildman–Crippen MR) is 44.7 cm³/mol. The normalized spacial score (nSPS) is 14.5. The maximum atomic E-state index is 5.45. The summed E-state index contributed by atoms with van der Waals surface area (Å²) in [4.78, 5) is 4.13. The molecule has 3 heteroatoms. The molecule has 64 valence electrons. The number of aromatic nitrogens is 1. The van der Waals surface area contributed by atoms with E-state index in [0.717, 1.165) is 16.9 Å². The van der Waals surface area contributed by atoms with Crippen molar-refractivity contribution in [1.29, 1.82) is 0 Å². The number of ether oxygens (including phenoxy) is 2. The Morgan fingerprint density at radius 2 is 2.00 bits per heavy atom. The van der Waals surface area contributed by atoms with Crippen LogP contribution >= 0.6 is 0 Å². The van der Waals surface area contributed by atoms with Crippen molar-refractivity contribution in [3.05, 3.63) is 17.3 Å². The van der Waals surface area contributed by atoms with Gasteiger partial charge in [0.05, 0.1) is 0 Å². The first-order valence-electron chi connectivity index (χ1n) is 4.01. The Hall–Kier alpha value is -1.25. The van der Waals surface area contributed by atoms with Crippen molar-refractivity contribution in [3.63, 3.8) is 0 Å². The summed E-state index contributed by atoms with van der Waals surface area (Å²) in [7, 11) is 0. The fourth-order valence-electron chi connectivity index (χ4n) is 1.21. The van der Waals surface area contributed by atoms with Crippen molar-refractivity contribution in [1.82, 2.24) is 4.98 Å². The van der Waals surface area contributed by atoms with Crippen LogP contribution < -0.4 is 9.47 Å². The van der Waals surface area contributed by atoms with Gasteiger partial charge in [0, 0.05) is 11.8 Å². The molecular formula is C9H11NO2. The third-order valence-electron chi connectivity index (χ3n) is 2.07. The molecule has 0 atom stereocenters. The molecular weight excluding hydrogens is 154 g/mol. The smallest absolute Gasteiger partial charge is 0.257 e. The molecule has 1 aromatic rings. The lowest BCUT2D eigenvalue weighted by molar-refractivity contribution is 0.163. The Morgan fingerprint density at radius 1 is 1.25 bits per heavy atom. The highest BCUT2D eigenvalue weighted by atomic mass is 16.6. The Bertz CT molecular complexity index is 310. The van der Waals surface area contributed by atoms with Gasteiger partial charge < -0.3 is 9.47 Å². The molecule has 1 aromatic heterocycles. The quantitative estimate of drug-likeness (QED) is 0.583. The first-order chi connectivity index (χ1) is 5.79. The highest BCUT2D eigenvalue weighted by Gasteiger charge is 2.15. The molecule has 0 saturated carbocycles. The Balaban J connectivity index is 2.54. The van der Waals surface area contributed by atoms with Gasteiger partial charge in [-0.2, -0.15) is 0 Å². The zero-order chi connectivity index (χ0) is 8.55. The average molecular weight is 165 g/mol. The van der Waals surface area contributed by atoms with Gasteiger partial charge in [-0.15, -0.1) is 0 Å². The summed E-state index contributed by atoms with van der Waals surface area (Å²) >= 11 is 0. The second kappa shape index (κ2) is 2.66. The van der Waals surface area contributed by atoms with Gasteiger partial charge in [0.1, 0.15) is 13.2 Å². The number of pyridine rings is 1. The van der Waals surface area contributed by atoms with E-state index in [4.69, 9.17) is 9.47 Å². The van der Waals surface area contributed by atoms with Crippen molar-refractivity contribution in [2.24, 2.45) is 0 Å². The molecule has 0 spiro atoms. The van der Waals surface area contributed by atoms with Gasteiger partial charge in [0.2, 0.25) is 0 Å². The molecule has 0 N–H and O–H groups in total. The first-order valence-corrected chi connectivity index (χ1v) is 4.01. The highest BCUT2D eigenvalue weighted by Crippen LogP contribution is 2.32. The van der Waals surface area contributed by atoms with Gasteiger partial charge in [-0.25, -0.2) is 4.98 Å². The van der Waals surface area contributed by atoms with E-state index < -0.39 is 0 Å². The van der Waals surface area contributed by atoms with Crippen molar-refractivity contribution in [2.45, 2.75) is 13.8 Å².